The summed E-state index contributed by atoms with van der Waals surface area (Å²) in [5, 5.41) is 1.69. The number of halogens is 1. The van der Waals surface area contributed by atoms with Gasteiger partial charge in [0.2, 0.25) is 0 Å². The Balaban J connectivity index is 1.67. The number of benzene rings is 1. The monoisotopic (exact) mass is 366 g/mol. The molecule has 0 radical (unpaired) electrons. The molecule has 1 saturated heterocycles. The van der Waals surface area contributed by atoms with Gasteiger partial charge in [-0.15, -0.1) is 23.5 Å². The maximum absolute atomic E-state index is 6.34. The first-order chi connectivity index (χ1) is 11.2. The van der Waals surface area contributed by atoms with E-state index in [0.29, 0.717) is 4.08 Å². The van der Waals surface area contributed by atoms with Crippen LogP contribution in [0.1, 0.15) is 31.7 Å². The van der Waals surface area contributed by atoms with Gasteiger partial charge < -0.3 is 4.57 Å². The molecule has 1 aromatic heterocycles. The Morgan fingerprint density at radius 2 is 2.22 bits per heavy atom. The van der Waals surface area contributed by atoms with Gasteiger partial charge in [-0.3, -0.25) is 0 Å². The maximum atomic E-state index is 6.34. The zero-order valence-corrected chi connectivity index (χ0v) is 15.8. The summed E-state index contributed by atoms with van der Waals surface area (Å²) >= 11 is 10.7. The van der Waals surface area contributed by atoms with Crippen LogP contribution in [0.25, 0.3) is 0 Å². The van der Waals surface area contributed by atoms with Gasteiger partial charge in [0.15, 0.2) is 0 Å². The van der Waals surface area contributed by atoms with E-state index < -0.39 is 0 Å². The first-order valence-electron chi connectivity index (χ1n) is 8.22. The van der Waals surface area contributed by atoms with Gasteiger partial charge in [0.05, 0.1) is 10.4 Å². The summed E-state index contributed by atoms with van der Waals surface area (Å²) in [6.07, 6.45) is 10.5. The molecule has 1 aromatic carbocycles. The second-order valence-electron chi connectivity index (χ2n) is 6.01. The van der Waals surface area contributed by atoms with Crippen molar-refractivity contribution >= 4 is 35.1 Å². The minimum Gasteiger partial charge on any atom is -0.337 e. The average molecular weight is 367 g/mol. The van der Waals surface area contributed by atoms with Gasteiger partial charge in [-0.25, -0.2) is 4.98 Å². The molecule has 2 nitrogen and oxygen atoms in total. The van der Waals surface area contributed by atoms with Gasteiger partial charge in [-0.05, 0) is 37.3 Å². The molecule has 2 aromatic rings. The zero-order chi connectivity index (χ0) is 16.1. The number of hydrogen-bond donors (Lipinski definition) is 0. The average Bonchev–Trinajstić information content (AvgIpc) is 3.22. The van der Waals surface area contributed by atoms with Crippen molar-refractivity contribution in [2.45, 2.75) is 48.5 Å². The number of nitrogens with zero attached hydrogens (tertiary/aromatic N) is 2. The maximum Gasteiger partial charge on any atom is 0.0945 e. The third-order valence-corrected chi connectivity index (χ3v) is 8.81. The van der Waals surface area contributed by atoms with Crippen molar-refractivity contribution < 1.29 is 0 Å². The number of aromatic nitrogens is 2. The third kappa shape index (κ3) is 4.49. The number of imidazole rings is 1. The molecular weight excluding hydrogens is 344 g/mol. The van der Waals surface area contributed by atoms with Crippen LogP contribution in [0.15, 0.2) is 43.0 Å². The number of rotatable bonds is 7. The molecule has 1 fully saturated rings. The van der Waals surface area contributed by atoms with Gasteiger partial charge in [-0.2, -0.15) is 0 Å². The standard InChI is InChI=1S/C18H23ClN2S2/c1-2-16-13-22-18(23-16,9-11-21-12-10-20-14-21)8-7-15-5-3-4-6-17(15)19/h3-6,10,12,14,16H,2,7-9,11,13H2,1H3. The van der Waals surface area contributed by atoms with Crippen molar-refractivity contribution in [2.75, 3.05) is 5.75 Å². The molecule has 0 saturated carbocycles. The minimum atomic E-state index is 0.310. The predicted octanol–water partition coefficient (Wildman–Crippen LogP) is 5.51. The van der Waals surface area contributed by atoms with E-state index in [0.717, 1.165) is 23.2 Å². The Hall–Kier alpha value is -0.580. The topological polar surface area (TPSA) is 17.8 Å². The second-order valence-corrected chi connectivity index (χ2v) is 9.76. The van der Waals surface area contributed by atoms with Gasteiger partial charge in [0.1, 0.15) is 0 Å². The quantitative estimate of drug-likeness (QED) is 0.643. The highest BCUT2D eigenvalue weighted by Crippen LogP contribution is 2.54. The summed E-state index contributed by atoms with van der Waals surface area (Å²) in [7, 11) is 0. The van der Waals surface area contributed by atoms with Gasteiger partial charge in [0.25, 0.3) is 0 Å². The normalized spacial score (nSPS) is 24.2. The van der Waals surface area contributed by atoms with Crippen molar-refractivity contribution in [1.29, 1.82) is 0 Å². The summed E-state index contributed by atoms with van der Waals surface area (Å²) in [5.74, 6) is 1.27. The van der Waals surface area contributed by atoms with Crippen molar-refractivity contribution in [3.63, 3.8) is 0 Å². The van der Waals surface area contributed by atoms with Crippen LogP contribution in [0, 0.1) is 0 Å². The highest BCUT2D eigenvalue weighted by Gasteiger charge is 2.39. The summed E-state index contributed by atoms with van der Waals surface area (Å²) in [5.41, 5.74) is 1.28. The fourth-order valence-electron chi connectivity index (χ4n) is 2.95. The van der Waals surface area contributed by atoms with E-state index >= 15 is 0 Å². The molecule has 1 aliphatic heterocycles. The summed E-state index contributed by atoms with van der Waals surface area (Å²) in [4.78, 5) is 4.16. The van der Waals surface area contributed by atoms with E-state index in [4.69, 9.17) is 11.6 Å². The van der Waals surface area contributed by atoms with Crippen LogP contribution < -0.4 is 0 Å². The number of hydrogen-bond acceptors (Lipinski definition) is 3. The molecule has 1 aliphatic rings. The number of aryl methyl sites for hydroxylation is 2. The molecule has 0 amide bonds. The molecule has 5 heteroatoms. The first-order valence-corrected chi connectivity index (χ1v) is 10.5. The van der Waals surface area contributed by atoms with Gasteiger partial charge in [-0.1, -0.05) is 36.7 Å². The molecule has 0 N–H and O–H groups in total. The fraction of sp³-hybridized carbons (Fsp3) is 0.500. The summed E-state index contributed by atoms with van der Waals surface area (Å²) in [6, 6.07) is 8.25. The lowest BCUT2D eigenvalue weighted by molar-refractivity contribution is 0.574. The van der Waals surface area contributed by atoms with E-state index in [-0.39, 0.29) is 0 Å². The fourth-order valence-corrected chi connectivity index (χ4v) is 6.95. The summed E-state index contributed by atoms with van der Waals surface area (Å²) < 4.78 is 2.50. The molecule has 0 aliphatic carbocycles. The Kier molecular flexibility index (Phi) is 6.00. The van der Waals surface area contributed by atoms with Gasteiger partial charge in [0, 0.05) is 35.0 Å². The first kappa shape index (κ1) is 17.2. The minimum absolute atomic E-state index is 0.310. The van der Waals surface area contributed by atoms with E-state index in [1.54, 1.807) is 0 Å². The van der Waals surface area contributed by atoms with Crippen molar-refractivity contribution in [1.82, 2.24) is 9.55 Å². The molecule has 0 bridgehead atoms. The lowest BCUT2D eigenvalue weighted by Gasteiger charge is -2.28. The molecule has 2 atom stereocenters. The van der Waals surface area contributed by atoms with E-state index in [9.17, 15) is 0 Å². The molecule has 2 heterocycles. The van der Waals surface area contributed by atoms with Crippen molar-refractivity contribution in [3.8, 4) is 0 Å². The van der Waals surface area contributed by atoms with Crippen LogP contribution in [-0.4, -0.2) is 24.6 Å². The SMILES string of the molecule is CCC1CSC(CCc2ccccc2Cl)(CCn2ccnc2)S1. The molecule has 23 heavy (non-hydrogen) atoms. The predicted molar refractivity (Wildman–Crippen MR) is 103 cm³/mol. The van der Waals surface area contributed by atoms with Crippen LogP contribution in [0.2, 0.25) is 5.02 Å². The lowest BCUT2D eigenvalue weighted by atomic mass is 10.1. The van der Waals surface area contributed by atoms with Crippen molar-refractivity contribution in [2.24, 2.45) is 0 Å². The molecular formula is C18H23ClN2S2. The Morgan fingerprint density at radius 1 is 1.35 bits per heavy atom. The van der Waals surface area contributed by atoms with Crippen LogP contribution in [0.3, 0.4) is 0 Å². The highest BCUT2D eigenvalue weighted by atomic mass is 35.5. The summed E-state index contributed by atoms with van der Waals surface area (Å²) in [6.45, 7) is 3.34. The van der Waals surface area contributed by atoms with Crippen LogP contribution in [-0.2, 0) is 13.0 Å². The van der Waals surface area contributed by atoms with Crippen LogP contribution in [0.5, 0.6) is 0 Å². The van der Waals surface area contributed by atoms with E-state index in [1.165, 1.54) is 30.6 Å². The van der Waals surface area contributed by atoms with Crippen LogP contribution in [0.4, 0.5) is 0 Å². The smallest absolute Gasteiger partial charge is 0.0945 e. The van der Waals surface area contributed by atoms with Crippen molar-refractivity contribution in [3.05, 3.63) is 53.6 Å². The zero-order valence-electron chi connectivity index (χ0n) is 13.5. The Morgan fingerprint density at radius 3 is 2.91 bits per heavy atom. The van der Waals surface area contributed by atoms with Crippen LogP contribution >= 0.6 is 35.1 Å². The largest absolute Gasteiger partial charge is 0.337 e. The molecule has 124 valence electrons. The second kappa shape index (κ2) is 8.00. The van der Waals surface area contributed by atoms with Gasteiger partial charge >= 0.3 is 0 Å². The molecule has 0 spiro atoms. The Labute approximate surface area is 152 Å². The highest BCUT2D eigenvalue weighted by molar-refractivity contribution is 8.21. The third-order valence-electron chi connectivity index (χ3n) is 4.41. The molecule has 3 rings (SSSR count). The lowest BCUT2D eigenvalue weighted by Crippen LogP contribution is -2.21. The molecule has 2 unspecified atom stereocenters. The van der Waals surface area contributed by atoms with E-state index in [2.05, 4.69) is 58.3 Å². The Bertz CT molecular complexity index is 617. The van der Waals surface area contributed by atoms with E-state index in [1.807, 2.05) is 24.7 Å². The number of thioether (sulfide) groups is 2.